The highest BCUT2D eigenvalue weighted by Gasteiger charge is 2.43. The van der Waals surface area contributed by atoms with Crippen molar-refractivity contribution in [2.24, 2.45) is 5.73 Å². The lowest BCUT2D eigenvalue weighted by Crippen LogP contribution is -2.59. The summed E-state index contributed by atoms with van der Waals surface area (Å²) in [6.07, 6.45) is -6.97. The van der Waals surface area contributed by atoms with Crippen molar-refractivity contribution in [3.8, 4) is 0 Å². The van der Waals surface area contributed by atoms with Gasteiger partial charge in [-0.3, -0.25) is 9.59 Å². The van der Waals surface area contributed by atoms with E-state index in [1.807, 2.05) is 0 Å². The molecule has 0 aromatic heterocycles. The van der Waals surface area contributed by atoms with Crippen LogP contribution >= 0.6 is 0 Å². The van der Waals surface area contributed by atoms with Gasteiger partial charge in [-0.2, -0.15) is 0 Å². The van der Waals surface area contributed by atoms with Crippen LogP contribution in [-0.2, 0) is 14.3 Å². The fourth-order valence-corrected chi connectivity index (χ4v) is 1.79. The number of hydrogen-bond donors (Lipinski definition) is 6. The van der Waals surface area contributed by atoms with E-state index in [1.54, 1.807) is 0 Å². The number of primary amides is 1. The van der Waals surface area contributed by atoms with Gasteiger partial charge in [0, 0.05) is 0 Å². The van der Waals surface area contributed by atoms with E-state index >= 15 is 0 Å². The minimum absolute atomic E-state index is 0.339. The Kier molecular flexibility index (Phi) is 5.63. The fraction of sp³-hybridized carbons (Fsp3) is 0.800. The van der Waals surface area contributed by atoms with Crippen LogP contribution in [0.1, 0.15) is 6.42 Å². The summed E-state index contributed by atoms with van der Waals surface area (Å²) in [6, 6.07) is 0. The van der Waals surface area contributed by atoms with Gasteiger partial charge in [-0.1, -0.05) is 0 Å². The summed E-state index contributed by atoms with van der Waals surface area (Å²) in [4.78, 5) is 21.9. The molecule has 1 saturated heterocycles. The third kappa shape index (κ3) is 4.11. The molecular weight excluding hydrogens is 260 g/mol. The summed E-state index contributed by atoms with van der Waals surface area (Å²) in [5.41, 5.74) is 4.84. The highest BCUT2D eigenvalue weighted by atomic mass is 16.5. The monoisotopic (exact) mass is 278 g/mol. The SMILES string of the molecule is NC(=O)CNC(=O)C[C@@H]1O[C@H](CO)[C@@H](O)[C@H](O)C1O. The highest BCUT2D eigenvalue weighted by Crippen LogP contribution is 2.22. The predicted molar refractivity (Wildman–Crippen MR) is 60.6 cm³/mol. The first-order valence-electron chi connectivity index (χ1n) is 5.72. The molecule has 110 valence electrons. The lowest BCUT2D eigenvalue weighted by atomic mass is 9.93. The Hall–Kier alpha value is -1.26. The zero-order chi connectivity index (χ0) is 14.6. The number of aliphatic hydroxyl groups is 4. The molecule has 1 fully saturated rings. The van der Waals surface area contributed by atoms with Gasteiger partial charge >= 0.3 is 0 Å². The number of carbonyl (C=O) groups excluding carboxylic acids is 2. The van der Waals surface area contributed by atoms with Crippen LogP contribution in [0.2, 0.25) is 0 Å². The van der Waals surface area contributed by atoms with Crippen LogP contribution in [0.3, 0.4) is 0 Å². The van der Waals surface area contributed by atoms with Crippen molar-refractivity contribution in [2.45, 2.75) is 36.9 Å². The van der Waals surface area contributed by atoms with E-state index in [2.05, 4.69) is 5.32 Å². The maximum absolute atomic E-state index is 11.4. The summed E-state index contributed by atoms with van der Waals surface area (Å²) in [7, 11) is 0. The number of aliphatic hydroxyl groups excluding tert-OH is 4. The van der Waals surface area contributed by atoms with Crippen LogP contribution in [0.25, 0.3) is 0 Å². The normalized spacial score (nSPS) is 34.8. The maximum Gasteiger partial charge on any atom is 0.236 e. The molecular formula is C10H18N2O7. The first kappa shape index (κ1) is 15.8. The molecule has 19 heavy (non-hydrogen) atoms. The summed E-state index contributed by atoms with van der Waals surface area (Å²) in [5.74, 6) is -1.33. The van der Waals surface area contributed by atoms with Gasteiger partial charge in [-0.25, -0.2) is 0 Å². The zero-order valence-electron chi connectivity index (χ0n) is 10.1. The second-order valence-electron chi connectivity index (χ2n) is 4.31. The van der Waals surface area contributed by atoms with Crippen LogP contribution in [0, 0.1) is 0 Å². The number of hydrogen-bond acceptors (Lipinski definition) is 7. The molecule has 1 aliphatic heterocycles. The maximum atomic E-state index is 11.4. The molecule has 7 N–H and O–H groups in total. The Morgan fingerprint density at radius 3 is 2.21 bits per heavy atom. The fourth-order valence-electron chi connectivity index (χ4n) is 1.79. The van der Waals surface area contributed by atoms with Gasteiger partial charge < -0.3 is 36.2 Å². The van der Waals surface area contributed by atoms with Crippen LogP contribution in [0.15, 0.2) is 0 Å². The second kappa shape index (κ2) is 6.78. The summed E-state index contributed by atoms with van der Waals surface area (Å²) in [6.45, 7) is -0.916. The topological polar surface area (TPSA) is 162 Å². The van der Waals surface area contributed by atoms with Gasteiger partial charge in [0.15, 0.2) is 0 Å². The molecule has 0 spiro atoms. The molecule has 5 atom stereocenters. The molecule has 0 aromatic carbocycles. The molecule has 0 saturated carbocycles. The highest BCUT2D eigenvalue weighted by molar-refractivity contribution is 5.83. The van der Waals surface area contributed by atoms with Gasteiger partial charge in [0.1, 0.15) is 24.4 Å². The van der Waals surface area contributed by atoms with Gasteiger partial charge in [0.05, 0.1) is 25.7 Å². The minimum Gasteiger partial charge on any atom is -0.394 e. The van der Waals surface area contributed by atoms with Gasteiger partial charge in [-0.15, -0.1) is 0 Å². The van der Waals surface area contributed by atoms with E-state index in [4.69, 9.17) is 15.6 Å². The lowest BCUT2D eigenvalue weighted by Gasteiger charge is -2.39. The van der Waals surface area contributed by atoms with Crippen molar-refractivity contribution >= 4 is 11.8 Å². The molecule has 1 unspecified atom stereocenters. The Bertz CT molecular complexity index is 336. The number of rotatable bonds is 5. The van der Waals surface area contributed by atoms with Crippen LogP contribution in [-0.4, -0.2) is 75.9 Å². The van der Waals surface area contributed by atoms with Crippen molar-refractivity contribution < 1.29 is 34.8 Å². The van der Waals surface area contributed by atoms with E-state index in [1.165, 1.54) is 0 Å². The quantitative estimate of drug-likeness (QED) is 0.297. The molecule has 0 radical (unpaired) electrons. The standard InChI is InChI=1S/C10H18N2O7/c11-6(14)2-12-7(15)1-4-8(16)10(18)9(17)5(3-13)19-4/h4-5,8-10,13,16-18H,1-3H2,(H2,11,14)(H,12,15)/t4-,5+,8?,9+,10+/m0/s1. The summed E-state index contributed by atoms with van der Waals surface area (Å²) >= 11 is 0. The summed E-state index contributed by atoms with van der Waals surface area (Å²) in [5, 5.41) is 39.8. The summed E-state index contributed by atoms with van der Waals surface area (Å²) < 4.78 is 5.12. The number of nitrogens with one attached hydrogen (secondary N) is 1. The Morgan fingerprint density at radius 2 is 1.68 bits per heavy atom. The second-order valence-corrected chi connectivity index (χ2v) is 4.31. The number of carbonyl (C=O) groups is 2. The average molecular weight is 278 g/mol. The third-order valence-electron chi connectivity index (χ3n) is 2.84. The van der Waals surface area contributed by atoms with Crippen molar-refractivity contribution in [1.29, 1.82) is 0 Å². The van der Waals surface area contributed by atoms with Crippen LogP contribution in [0.4, 0.5) is 0 Å². The molecule has 0 bridgehead atoms. The van der Waals surface area contributed by atoms with Gasteiger partial charge in [0.25, 0.3) is 0 Å². The largest absolute Gasteiger partial charge is 0.394 e. The van der Waals surface area contributed by atoms with E-state index in [0.717, 1.165) is 0 Å². The predicted octanol–water partition coefficient (Wildman–Crippen LogP) is -4.18. The first-order valence-corrected chi connectivity index (χ1v) is 5.72. The van der Waals surface area contributed by atoms with Crippen LogP contribution < -0.4 is 11.1 Å². The Labute approximate surface area is 109 Å². The van der Waals surface area contributed by atoms with E-state index < -0.39 is 48.9 Å². The Balaban J connectivity index is 2.56. The number of ether oxygens (including phenoxy) is 1. The molecule has 1 aliphatic rings. The zero-order valence-corrected chi connectivity index (χ0v) is 10.1. The number of nitrogens with two attached hydrogens (primary N) is 1. The Morgan fingerprint density at radius 1 is 1.11 bits per heavy atom. The van der Waals surface area contributed by atoms with Crippen molar-refractivity contribution in [1.82, 2.24) is 5.32 Å². The molecule has 1 rings (SSSR count). The van der Waals surface area contributed by atoms with E-state index in [-0.39, 0.29) is 13.0 Å². The molecule has 0 aromatic rings. The minimum atomic E-state index is -1.53. The van der Waals surface area contributed by atoms with E-state index in [0.29, 0.717) is 0 Å². The molecule has 2 amide bonds. The first-order chi connectivity index (χ1) is 8.86. The van der Waals surface area contributed by atoms with Gasteiger partial charge in [-0.05, 0) is 0 Å². The van der Waals surface area contributed by atoms with Crippen molar-refractivity contribution in [2.75, 3.05) is 13.2 Å². The molecule has 1 heterocycles. The average Bonchev–Trinajstić information content (AvgIpc) is 2.37. The van der Waals surface area contributed by atoms with Crippen molar-refractivity contribution in [3.05, 3.63) is 0 Å². The lowest BCUT2D eigenvalue weighted by molar-refractivity contribution is -0.229. The number of amides is 2. The smallest absolute Gasteiger partial charge is 0.236 e. The molecule has 0 aliphatic carbocycles. The molecule has 9 heteroatoms. The van der Waals surface area contributed by atoms with Gasteiger partial charge in [0.2, 0.25) is 11.8 Å². The van der Waals surface area contributed by atoms with Crippen LogP contribution in [0.5, 0.6) is 0 Å². The van der Waals surface area contributed by atoms with Crippen molar-refractivity contribution in [3.63, 3.8) is 0 Å². The molecule has 9 nitrogen and oxygen atoms in total. The van der Waals surface area contributed by atoms with E-state index in [9.17, 15) is 24.9 Å². The third-order valence-corrected chi connectivity index (χ3v) is 2.84.